The van der Waals surface area contributed by atoms with Gasteiger partial charge in [-0.2, -0.15) is 0 Å². The van der Waals surface area contributed by atoms with Gasteiger partial charge in [0.25, 0.3) is 0 Å². The Balaban J connectivity index is 2.33. The van der Waals surface area contributed by atoms with Crippen LogP contribution in [0, 0.1) is 0 Å². The van der Waals surface area contributed by atoms with Crippen molar-refractivity contribution >= 4 is 29.5 Å². The van der Waals surface area contributed by atoms with Gasteiger partial charge < -0.3 is 10.2 Å². The number of hydrogen-bond acceptors (Lipinski definition) is 3. The highest BCUT2D eigenvalue weighted by Gasteiger charge is 2.18. The van der Waals surface area contributed by atoms with Crippen molar-refractivity contribution in [3.63, 3.8) is 0 Å². The molecule has 1 aromatic rings. The zero-order valence-corrected chi connectivity index (χ0v) is 9.33. The summed E-state index contributed by atoms with van der Waals surface area (Å²) in [6.45, 7) is 1.54. The summed E-state index contributed by atoms with van der Waals surface area (Å²) in [5.41, 5.74) is 1.27. The van der Waals surface area contributed by atoms with Crippen LogP contribution in [0.1, 0.15) is 10.4 Å². The van der Waals surface area contributed by atoms with Crippen LogP contribution >= 0.6 is 11.6 Å². The Kier molecular flexibility index (Phi) is 3.10. The summed E-state index contributed by atoms with van der Waals surface area (Å²) in [4.78, 5) is 24.0. The number of halogens is 1. The molecule has 1 amide bonds. The van der Waals surface area contributed by atoms with Crippen LogP contribution in [0.4, 0.5) is 5.69 Å². The second-order valence-corrected chi connectivity index (χ2v) is 4.03. The molecule has 16 heavy (non-hydrogen) atoms. The van der Waals surface area contributed by atoms with Crippen molar-refractivity contribution in [1.29, 1.82) is 0 Å². The predicted octanol–water partition coefficient (Wildman–Crippen LogP) is 1.09. The molecule has 1 aliphatic heterocycles. The van der Waals surface area contributed by atoms with Crippen LogP contribution in [0.5, 0.6) is 0 Å². The van der Waals surface area contributed by atoms with Gasteiger partial charge in [0.1, 0.15) is 0 Å². The third kappa shape index (κ3) is 2.17. The van der Waals surface area contributed by atoms with E-state index in [1.165, 1.54) is 0 Å². The van der Waals surface area contributed by atoms with Gasteiger partial charge in [0.05, 0.1) is 6.54 Å². The van der Waals surface area contributed by atoms with E-state index < -0.39 is 0 Å². The van der Waals surface area contributed by atoms with E-state index >= 15 is 0 Å². The van der Waals surface area contributed by atoms with Crippen LogP contribution in [0.2, 0.25) is 5.02 Å². The summed E-state index contributed by atoms with van der Waals surface area (Å²) >= 11 is 5.89. The Hall–Kier alpha value is -1.55. The normalized spacial score (nSPS) is 15.8. The molecule has 1 fully saturated rings. The predicted molar refractivity (Wildman–Crippen MR) is 62.1 cm³/mol. The average molecular weight is 239 g/mol. The molecule has 0 radical (unpaired) electrons. The molecule has 0 aliphatic carbocycles. The van der Waals surface area contributed by atoms with Gasteiger partial charge in [-0.25, -0.2) is 0 Å². The average Bonchev–Trinajstić information content (AvgIpc) is 2.29. The van der Waals surface area contributed by atoms with Crippen LogP contribution in [-0.2, 0) is 4.79 Å². The van der Waals surface area contributed by atoms with Gasteiger partial charge in [0, 0.05) is 29.4 Å². The molecule has 0 saturated carbocycles. The molecule has 5 heteroatoms. The summed E-state index contributed by atoms with van der Waals surface area (Å²) in [7, 11) is 0. The lowest BCUT2D eigenvalue weighted by molar-refractivity contribution is -0.120. The maximum absolute atomic E-state index is 11.3. The van der Waals surface area contributed by atoms with Crippen LogP contribution in [-0.4, -0.2) is 31.8 Å². The number of nitrogens with zero attached hydrogens (tertiary/aromatic N) is 1. The minimum Gasteiger partial charge on any atom is -0.360 e. The first-order chi connectivity index (χ1) is 7.70. The van der Waals surface area contributed by atoms with Crippen molar-refractivity contribution in [1.82, 2.24) is 5.32 Å². The van der Waals surface area contributed by atoms with Crippen molar-refractivity contribution in [3.05, 3.63) is 28.8 Å². The lowest BCUT2D eigenvalue weighted by Gasteiger charge is -2.29. The number of rotatable bonds is 2. The first-order valence-electron chi connectivity index (χ1n) is 4.97. The van der Waals surface area contributed by atoms with Crippen LogP contribution in [0.3, 0.4) is 0 Å². The number of amides is 1. The molecule has 1 aromatic carbocycles. The lowest BCUT2D eigenvalue weighted by Crippen LogP contribution is -2.48. The number of carbonyl (C=O) groups excluding carboxylic acids is 2. The highest BCUT2D eigenvalue weighted by molar-refractivity contribution is 6.31. The Morgan fingerprint density at radius 3 is 2.94 bits per heavy atom. The van der Waals surface area contributed by atoms with E-state index in [0.717, 1.165) is 12.0 Å². The van der Waals surface area contributed by atoms with Crippen LogP contribution in [0.25, 0.3) is 0 Å². The minimum atomic E-state index is -0.0388. The second kappa shape index (κ2) is 4.53. The number of benzene rings is 1. The van der Waals surface area contributed by atoms with Gasteiger partial charge in [0.15, 0.2) is 6.29 Å². The summed E-state index contributed by atoms with van der Waals surface area (Å²) in [6, 6.07) is 5.04. The molecule has 1 N–H and O–H groups in total. The first kappa shape index (κ1) is 11.0. The number of nitrogens with one attached hydrogen (secondary N) is 1. The zero-order valence-electron chi connectivity index (χ0n) is 8.57. The lowest BCUT2D eigenvalue weighted by atomic mass is 10.1. The quantitative estimate of drug-likeness (QED) is 0.785. The van der Waals surface area contributed by atoms with E-state index in [0.29, 0.717) is 23.7 Å². The molecular formula is C11H11ClN2O2. The van der Waals surface area contributed by atoms with Crippen molar-refractivity contribution < 1.29 is 9.59 Å². The fourth-order valence-electron chi connectivity index (χ4n) is 1.73. The molecule has 1 heterocycles. The summed E-state index contributed by atoms with van der Waals surface area (Å²) in [5.74, 6) is -0.0388. The van der Waals surface area contributed by atoms with E-state index in [2.05, 4.69) is 5.32 Å². The molecule has 84 valence electrons. The Bertz CT molecular complexity index is 434. The molecule has 0 bridgehead atoms. The van der Waals surface area contributed by atoms with Gasteiger partial charge in [0.2, 0.25) is 5.91 Å². The second-order valence-electron chi connectivity index (χ2n) is 3.59. The molecule has 0 atom stereocenters. The van der Waals surface area contributed by atoms with Crippen molar-refractivity contribution in [3.8, 4) is 0 Å². The van der Waals surface area contributed by atoms with Crippen LogP contribution in [0.15, 0.2) is 18.2 Å². The monoisotopic (exact) mass is 238 g/mol. The standard InChI is InChI=1S/C11H11ClN2O2/c12-9-2-1-8(7-15)10(5-9)14-4-3-13-11(16)6-14/h1-2,5,7H,3-4,6H2,(H,13,16). The molecule has 2 rings (SSSR count). The van der Waals surface area contributed by atoms with Crippen molar-refractivity contribution in [2.45, 2.75) is 0 Å². The fourth-order valence-corrected chi connectivity index (χ4v) is 1.90. The Labute approximate surface area is 98.2 Å². The molecule has 1 aliphatic rings. The summed E-state index contributed by atoms with van der Waals surface area (Å²) < 4.78 is 0. The fraction of sp³-hybridized carbons (Fsp3) is 0.273. The van der Waals surface area contributed by atoms with Gasteiger partial charge in [-0.05, 0) is 18.2 Å². The molecule has 1 saturated heterocycles. The zero-order chi connectivity index (χ0) is 11.5. The smallest absolute Gasteiger partial charge is 0.239 e. The van der Waals surface area contributed by atoms with Gasteiger partial charge in [-0.15, -0.1) is 0 Å². The summed E-state index contributed by atoms with van der Waals surface area (Å²) in [5, 5.41) is 3.29. The van der Waals surface area contributed by atoms with Crippen molar-refractivity contribution in [2.24, 2.45) is 0 Å². The highest BCUT2D eigenvalue weighted by Crippen LogP contribution is 2.24. The molecule has 0 aromatic heterocycles. The van der Waals surface area contributed by atoms with Gasteiger partial charge in [-0.3, -0.25) is 9.59 Å². The Morgan fingerprint density at radius 1 is 1.44 bits per heavy atom. The third-order valence-corrected chi connectivity index (χ3v) is 2.73. The van der Waals surface area contributed by atoms with E-state index in [9.17, 15) is 9.59 Å². The van der Waals surface area contributed by atoms with Crippen molar-refractivity contribution in [2.75, 3.05) is 24.5 Å². The largest absolute Gasteiger partial charge is 0.360 e. The minimum absolute atomic E-state index is 0.0388. The molecular weight excluding hydrogens is 228 g/mol. The SMILES string of the molecule is O=Cc1ccc(Cl)cc1N1CCNC(=O)C1. The van der Waals surface area contributed by atoms with Gasteiger partial charge >= 0.3 is 0 Å². The van der Waals surface area contributed by atoms with E-state index in [-0.39, 0.29) is 12.5 Å². The molecule has 0 spiro atoms. The van der Waals surface area contributed by atoms with E-state index in [1.54, 1.807) is 18.2 Å². The van der Waals surface area contributed by atoms with Gasteiger partial charge in [-0.1, -0.05) is 11.6 Å². The highest BCUT2D eigenvalue weighted by atomic mass is 35.5. The number of piperazine rings is 1. The van der Waals surface area contributed by atoms with E-state index in [1.807, 2.05) is 4.90 Å². The molecule has 0 unspecified atom stereocenters. The first-order valence-corrected chi connectivity index (χ1v) is 5.35. The number of anilines is 1. The number of carbonyl (C=O) groups is 2. The number of aldehydes is 1. The topological polar surface area (TPSA) is 49.4 Å². The number of hydrogen-bond donors (Lipinski definition) is 1. The van der Waals surface area contributed by atoms with E-state index in [4.69, 9.17) is 11.6 Å². The maximum Gasteiger partial charge on any atom is 0.239 e. The Morgan fingerprint density at radius 2 is 2.25 bits per heavy atom. The third-order valence-electron chi connectivity index (χ3n) is 2.50. The maximum atomic E-state index is 11.3. The summed E-state index contributed by atoms with van der Waals surface area (Å²) in [6.07, 6.45) is 0.776. The molecule has 4 nitrogen and oxygen atoms in total. The van der Waals surface area contributed by atoms with Crippen LogP contribution < -0.4 is 10.2 Å².